The van der Waals surface area contributed by atoms with E-state index in [1.807, 2.05) is 44.2 Å². The fraction of sp³-hybridized carbons (Fsp3) is 0.333. The topological polar surface area (TPSA) is 83.6 Å². The van der Waals surface area contributed by atoms with Crippen LogP contribution in [0.3, 0.4) is 0 Å². The van der Waals surface area contributed by atoms with Gasteiger partial charge in [-0.3, -0.25) is 9.59 Å². The quantitative estimate of drug-likeness (QED) is 0.611. The molecule has 164 valence electrons. The zero-order valence-electron chi connectivity index (χ0n) is 17.9. The van der Waals surface area contributed by atoms with Gasteiger partial charge in [-0.25, -0.2) is 13.1 Å². The number of carbonyl (C=O) groups is 2. The summed E-state index contributed by atoms with van der Waals surface area (Å²) < 4.78 is 29.1. The van der Waals surface area contributed by atoms with Crippen LogP contribution in [0.25, 0.3) is 0 Å². The molecule has 0 aromatic heterocycles. The van der Waals surface area contributed by atoms with Gasteiger partial charge in [-0.15, -0.1) is 0 Å². The molecule has 0 spiro atoms. The number of allylic oxidation sites excluding steroid dienone is 2. The van der Waals surface area contributed by atoms with Crippen LogP contribution in [0, 0.1) is 0 Å². The van der Waals surface area contributed by atoms with Crippen LogP contribution in [-0.2, 0) is 16.4 Å². The van der Waals surface area contributed by atoms with E-state index in [2.05, 4.69) is 4.72 Å². The van der Waals surface area contributed by atoms with Crippen LogP contribution in [0.1, 0.15) is 53.0 Å². The van der Waals surface area contributed by atoms with Crippen LogP contribution in [0.15, 0.2) is 65.2 Å². The molecule has 1 aliphatic carbocycles. The number of nitrogens with zero attached hydrogens (tertiary/aromatic N) is 1. The fourth-order valence-electron chi connectivity index (χ4n) is 3.80. The number of nitrogens with one attached hydrogen (secondary N) is 1. The van der Waals surface area contributed by atoms with Crippen LogP contribution >= 0.6 is 0 Å². The van der Waals surface area contributed by atoms with Gasteiger partial charge in [0.2, 0.25) is 21.6 Å². The number of hydrogen-bond acceptors (Lipinski definition) is 5. The van der Waals surface area contributed by atoms with Crippen LogP contribution in [0.2, 0.25) is 0 Å². The minimum absolute atomic E-state index is 0.0142. The summed E-state index contributed by atoms with van der Waals surface area (Å²) in [5.41, 5.74) is 1.35. The SMILES string of the molecule is CCCN(CCC)C1=C(S(=O)(=O)NCCc2ccccc2)C(=O)c2ccccc2C1=O. The molecular formula is C24H28N2O4S. The van der Waals surface area contributed by atoms with Gasteiger partial charge in [-0.05, 0) is 24.8 Å². The predicted octanol–water partition coefficient (Wildman–Crippen LogP) is 3.56. The van der Waals surface area contributed by atoms with Crippen LogP contribution < -0.4 is 4.72 Å². The maximum atomic E-state index is 13.4. The van der Waals surface area contributed by atoms with Crippen molar-refractivity contribution in [3.05, 3.63) is 81.9 Å². The molecule has 1 N–H and O–H groups in total. The van der Waals surface area contributed by atoms with Crippen LogP contribution in [0.4, 0.5) is 0 Å². The van der Waals surface area contributed by atoms with Crippen molar-refractivity contribution >= 4 is 21.6 Å². The van der Waals surface area contributed by atoms with E-state index in [0.717, 1.165) is 18.4 Å². The second-order valence-electron chi connectivity index (χ2n) is 7.50. The molecule has 0 amide bonds. The average Bonchev–Trinajstić information content (AvgIpc) is 2.76. The van der Waals surface area contributed by atoms with Gasteiger partial charge in [-0.1, -0.05) is 68.4 Å². The van der Waals surface area contributed by atoms with Crippen LogP contribution in [0.5, 0.6) is 0 Å². The molecule has 0 heterocycles. The zero-order chi connectivity index (χ0) is 22.4. The number of ketones is 2. The van der Waals surface area contributed by atoms with E-state index < -0.39 is 26.5 Å². The molecular weight excluding hydrogens is 412 g/mol. The molecule has 2 aromatic carbocycles. The number of fused-ring (bicyclic) bond motifs is 1. The highest BCUT2D eigenvalue weighted by atomic mass is 32.2. The molecule has 1 aliphatic rings. The van der Waals surface area contributed by atoms with E-state index >= 15 is 0 Å². The summed E-state index contributed by atoms with van der Waals surface area (Å²) in [6, 6.07) is 15.9. The van der Waals surface area contributed by atoms with Gasteiger partial charge in [0.15, 0.2) is 4.91 Å². The van der Waals surface area contributed by atoms with Crippen molar-refractivity contribution in [1.29, 1.82) is 0 Å². The van der Waals surface area contributed by atoms with Gasteiger partial charge in [0.1, 0.15) is 5.70 Å². The Morgan fingerprint density at radius 2 is 1.35 bits per heavy atom. The van der Waals surface area contributed by atoms with E-state index in [1.165, 1.54) is 6.07 Å². The molecule has 0 atom stereocenters. The monoisotopic (exact) mass is 440 g/mol. The summed E-state index contributed by atoms with van der Waals surface area (Å²) in [4.78, 5) is 28.0. The molecule has 0 radical (unpaired) electrons. The maximum Gasteiger partial charge on any atom is 0.246 e. The lowest BCUT2D eigenvalue weighted by molar-refractivity contribution is 0.0946. The number of Topliss-reactive ketones (excluding diaryl/α,β-unsaturated/α-hetero) is 2. The third-order valence-corrected chi connectivity index (χ3v) is 6.67. The Bertz CT molecular complexity index is 1090. The first-order chi connectivity index (χ1) is 14.9. The lowest BCUT2D eigenvalue weighted by Crippen LogP contribution is -2.40. The minimum atomic E-state index is -4.19. The highest BCUT2D eigenvalue weighted by Crippen LogP contribution is 2.31. The Morgan fingerprint density at radius 3 is 1.94 bits per heavy atom. The van der Waals surface area contributed by atoms with Crippen molar-refractivity contribution in [2.45, 2.75) is 33.1 Å². The van der Waals surface area contributed by atoms with E-state index in [1.54, 1.807) is 23.1 Å². The standard InChI is InChI=1S/C24H28N2O4S/c1-3-16-26(17-4-2)21-22(27)19-12-8-9-13-20(19)23(28)24(21)31(29,30)25-15-14-18-10-6-5-7-11-18/h5-13,25H,3-4,14-17H2,1-2H3. The molecule has 0 fully saturated rings. The van der Waals surface area contributed by atoms with E-state index in [-0.39, 0.29) is 23.4 Å². The van der Waals surface area contributed by atoms with E-state index in [9.17, 15) is 18.0 Å². The summed E-state index contributed by atoms with van der Waals surface area (Å²) in [7, 11) is -4.19. The second-order valence-corrected chi connectivity index (χ2v) is 9.21. The van der Waals surface area contributed by atoms with Gasteiger partial charge in [0.25, 0.3) is 0 Å². The highest BCUT2D eigenvalue weighted by molar-refractivity contribution is 7.94. The average molecular weight is 441 g/mol. The molecule has 31 heavy (non-hydrogen) atoms. The Morgan fingerprint density at radius 1 is 0.806 bits per heavy atom. The van der Waals surface area contributed by atoms with Gasteiger partial charge < -0.3 is 4.90 Å². The lowest BCUT2D eigenvalue weighted by Gasteiger charge is -2.30. The first-order valence-electron chi connectivity index (χ1n) is 10.6. The Labute approximate surface area is 184 Å². The van der Waals surface area contributed by atoms with Crippen molar-refractivity contribution in [2.75, 3.05) is 19.6 Å². The molecule has 0 aliphatic heterocycles. The molecule has 2 aromatic rings. The summed E-state index contributed by atoms with van der Waals surface area (Å²) in [5.74, 6) is -1.05. The van der Waals surface area contributed by atoms with Crippen molar-refractivity contribution in [2.24, 2.45) is 0 Å². The molecule has 0 saturated carbocycles. The van der Waals surface area contributed by atoms with Crippen molar-refractivity contribution in [1.82, 2.24) is 9.62 Å². The Balaban J connectivity index is 2.02. The second kappa shape index (κ2) is 10.0. The van der Waals surface area contributed by atoms with Crippen molar-refractivity contribution < 1.29 is 18.0 Å². The molecule has 7 heteroatoms. The van der Waals surface area contributed by atoms with E-state index in [0.29, 0.717) is 19.5 Å². The van der Waals surface area contributed by atoms with Gasteiger partial charge in [0.05, 0.1) is 0 Å². The van der Waals surface area contributed by atoms with Gasteiger partial charge in [0, 0.05) is 30.8 Å². The smallest absolute Gasteiger partial charge is 0.246 e. The molecule has 3 rings (SSSR count). The third-order valence-electron chi connectivity index (χ3n) is 5.17. The van der Waals surface area contributed by atoms with Gasteiger partial charge >= 0.3 is 0 Å². The first kappa shape index (κ1) is 22.9. The third kappa shape index (κ3) is 4.94. The Hall–Kier alpha value is -2.77. The normalized spacial score (nSPS) is 14.0. The highest BCUT2D eigenvalue weighted by Gasteiger charge is 2.40. The molecule has 0 unspecified atom stereocenters. The lowest BCUT2D eigenvalue weighted by atomic mass is 9.91. The fourth-order valence-corrected chi connectivity index (χ4v) is 5.14. The summed E-state index contributed by atoms with van der Waals surface area (Å²) in [5, 5.41) is 0. The summed E-state index contributed by atoms with van der Waals surface area (Å²) in [6.07, 6.45) is 1.93. The molecule has 6 nitrogen and oxygen atoms in total. The molecule has 0 bridgehead atoms. The van der Waals surface area contributed by atoms with E-state index in [4.69, 9.17) is 0 Å². The minimum Gasteiger partial charge on any atom is -0.367 e. The number of benzene rings is 2. The number of sulfonamides is 1. The number of carbonyl (C=O) groups excluding carboxylic acids is 2. The number of rotatable bonds is 10. The van der Waals surface area contributed by atoms with Crippen molar-refractivity contribution in [3.8, 4) is 0 Å². The van der Waals surface area contributed by atoms with Crippen molar-refractivity contribution in [3.63, 3.8) is 0 Å². The largest absolute Gasteiger partial charge is 0.367 e. The first-order valence-corrected chi connectivity index (χ1v) is 12.1. The summed E-state index contributed by atoms with van der Waals surface area (Å²) in [6.45, 7) is 5.03. The van der Waals surface area contributed by atoms with Gasteiger partial charge in [-0.2, -0.15) is 0 Å². The maximum absolute atomic E-state index is 13.4. The van der Waals surface area contributed by atoms with Crippen LogP contribution in [-0.4, -0.2) is 44.5 Å². The molecule has 0 saturated heterocycles. The zero-order valence-corrected chi connectivity index (χ0v) is 18.7. The number of hydrogen-bond donors (Lipinski definition) is 1. The summed E-state index contributed by atoms with van der Waals surface area (Å²) >= 11 is 0. The Kier molecular flexibility index (Phi) is 7.41. The predicted molar refractivity (Wildman–Crippen MR) is 121 cm³/mol.